The molecule has 0 bridgehead atoms. The molecule has 0 spiro atoms. The van der Waals surface area contributed by atoms with E-state index in [-0.39, 0.29) is 6.04 Å². The second kappa shape index (κ2) is 7.34. The van der Waals surface area contributed by atoms with Gasteiger partial charge in [-0.25, -0.2) is 0 Å². The van der Waals surface area contributed by atoms with Crippen molar-refractivity contribution < 1.29 is 9.47 Å². The molecule has 0 amide bonds. The minimum atomic E-state index is 0.0760. The van der Waals surface area contributed by atoms with Crippen LogP contribution in [0.15, 0.2) is 42.5 Å². The lowest BCUT2D eigenvalue weighted by Gasteiger charge is -2.12. The molecule has 2 aromatic rings. The van der Waals surface area contributed by atoms with Crippen molar-refractivity contribution in [1.82, 2.24) is 0 Å². The van der Waals surface area contributed by atoms with Crippen LogP contribution in [0.3, 0.4) is 0 Å². The molecule has 0 fully saturated rings. The maximum absolute atomic E-state index is 6.00. The fraction of sp³-hybridized carbons (Fsp3) is 0.294. The maximum Gasteiger partial charge on any atom is 0.125 e. The smallest absolute Gasteiger partial charge is 0.125 e. The van der Waals surface area contributed by atoms with Gasteiger partial charge in [0.2, 0.25) is 0 Å². The quantitative estimate of drug-likeness (QED) is 0.863. The SMILES string of the molecule is CC[C@@H](N)c1ccc(OCc2cc(Cl)ccc2OC)cc1. The fourth-order valence-corrected chi connectivity index (χ4v) is 2.26. The van der Waals surface area contributed by atoms with Gasteiger partial charge in [0.1, 0.15) is 18.1 Å². The lowest BCUT2D eigenvalue weighted by molar-refractivity contribution is 0.296. The highest BCUT2D eigenvalue weighted by molar-refractivity contribution is 6.30. The van der Waals surface area contributed by atoms with E-state index >= 15 is 0 Å². The van der Waals surface area contributed by atoms with Crippen LogP contribution in [0.5, 0.6) is 11.5 Å². The van der Waals surface area contributed by atoms with Crippen molar-refractivity contribution in [2.75, 3.05) is 7.11 Å². The standard InChI is InChI=1S/C17H20ClNO2/c1-3-16(19)12-4-7-15(8-5-12)21-11-13-10-14(18)6-9-17(13)20-2/h4-10,16H,3,11,19H2,1-2H3/t16-/m1/s1. The van der Waals surface area contributed by atoms with Crippen molar-refractivity contribution in [3.63, 3.8) is 0 Å². The minimum Gasteiger partial charge on any atom is -0.496 e. The van der Waals surface area contributed by atoms with Gasteiger partial charge < -0.3 is 15.2 Å². The van der Waals surface area contributed by atoms with E-state index in [1.807, 2.05) is 36.4 Å². The monoisotopic (exact) mass is 305 g/mol. The van der Waals surface area contributed by atoms with Crippen LogP contribution in [0.25, 0.3) is 0 Å². The zero-order valence-electron chi connectivity index (χ0n) is 12.3. The van der Waals surface area contributed by atoms with Crippen molar-refractivity contribution in [1.29, 1.82) is 0 Å². The van der Waals surface area contributed by atoms with E-state index in [1.165, 1.54) is 0 Å². The molecule has 2 rings (SSSR count). The van der Waals surface area contributed by atoms with Gasteiger partial charge in [0.25, 0.3) is 0 Å². The number of rotatable bonds is 6. The van der Waals surface area contributed by atoms with Gasteiger partial charge in [0.05, 0.1) is 7.11 Å². The summed E-state index contributed by atoms with van der Waals surface area (Å²) in [5, 5.41) is 0.665. The summed E-state index contributed by atoms with van der Waals surface area (Å²) in [6.45, 7) is 2.48. The van der Waals surface area contributed by atoms with Crippen molar-refractivity contribution in [3.05, 3.63) is 58.6 Å². The molecule has 1 atom stereocenters. The summed E-state index contributed by atoms with van der Waals surface area (Å²) in [6.07, 6.45) is 0.917. The lowest BCUT2D eigenvalue weighted by atomic mass is 10.1. The summed E-state index contributed by atoms with van der Waals surface area (Å²) in [7, 11) is 1.63. The van der Waals surface area contributed by atoms with E-state index in [0.717, 1.165) is 29.0 Å². The molecule has 0 saturated carbocycles. The van der Waals surface area contributed by atoms with Crippen LogP contribution < -0.4 is 15.2 Å². The summed E-state index contributed by atoms with van der Waals surface area (Å²) in [6, 6.07) is 13.4. The molecule has 0 aliphatic carbocycles. The molecule has 21 heavy (non-hydrogen) atoms. The van der Waals surface area contributed by atoms with Crippen LogP contribution in [-0.2, 0) is 6.61 Å². The van der Waals surface area contributed by atoms with Crippen LogP contribution in [0, 0.1) is 0 Å². The van der Waals surface area contributed by atoms with Crippen molar-refractivity contribution in [2.24, 2.45) is 5.73 Å². The highest BCUT2D eigenvalue weighted by atomic mass is 35.5. The third kappa shape index (κ3) is 4.13. The number of halogens is 1. The number of methoxy groups -OCH3 is 1. The van der Waals surface area contributed by atoms with Crippen LogP contribution in [0.1, 0.15) is 30.5 Å². The Kier molecular flexibility index (Phi) is 5.48. The summed E-state index contributed by atoms with van der Waals surface area (Å²) < 4.78 is 11.1. The number of ether oxygens (including phenoxy) is 2. The molecule has 0 unspecified atom stereocenters. The molecule has 3 nitrogen and oxygen atoms in total. The minimum absolute atomic E-state index is 0.0760. The zero-order valence-corrected chi connectivity index (χ0v) is 13.1. The molecule has 0 heterocycles. The first kappa shape index (κ1) is 15.7. The molecule has 112 valence electrons. The van der Waals surface area contributed by atoms with Gasteiger partial charge >= 0.3 is 0 Å². The third-order valence-corrected chi connectivity index (χ3v) is 3.62. The van der Waals surface area contributed by atoms with E-state index in [4.69, 9.17) is 26.8 Å². The molecule has 0 radical (unpaired) electrons. The first-order valence-electron chi connectivity index (χ1n) is 6.94. The first-order chi connectivity index (χ1) is 10.1. The zero-order chi connectivity index (χ0) is 15.2. The molecule has 0 aliphatic heterocycles. The van der Waals surface area contributed by atoms with Gasteiger partial charge in [-0.2, -0.15) is 0 Å². The van der Waals surface area contributed by atoms with Gasteiger partial charge in [0, 0.05) is 16.6 Å². The Morgan fingerprint density at radius 3 is 2.48 bits per heavy atom. The number of benzene rings is 2. The molecule has 2 aromatic carbocycles. The average molecular weight is 306 g/mol. The molecule has 0 aromatic heterocycles. The van der Waals surface area contributed by atoms with E-state index < -0.39 is 0 Å². The summed E-state index contributed by atoms with van der Waals surface area (Å²) >= 11 is 6.00. The Balaban J connectivity index is 2.04. The number of nitrogens with two attached hydrogens (primary N) is 1. The van der Waals surface area contributed by atoms with Crippen LogP contribution >= 0.6 is 11.6 Å². The fourth-order valence-electron chi connectivity index (χ4n) is 2.07. The molecular formula is C17H20ClNO2. The molecule has 4 heteroatoms. The summed E-state index contributed by atoms with van der Waals surface area (Å²) in [5.74, 6) is 1.56. The van der Waals surface area contributed by atoms with Crippen molar-refractivity contribution >= 4 is 11.6 Å². The van der Waals surface area contributed by atoms with Crippen LogP contribution in [0.2, 0.25) is 5.02 Å². The predicted molar refractivity (Wildman–Crippen MR) is 86.0 cm³/mol. The average Bonchev–Trinajstić information content (AvgIpc) is 2.52. The second-order valence-corrected chi connectivity index (χ2v) is 5.27. The molecule has 0 saturated heterocycles. The Bertz CT molecular complexity index is 584. The molecule has 2 N–H and O–H groups in total. The largest absolute Gasteiger partial charge is 0.496 e. The van der Waals surface area contributed by atoms with Gasteiger partial charge in [0.15, 0.2) is 0 Å². The first-order valence-corrected chi connectivity index (χ1v) is 7.32. The van der Waals surface area contributed by atoms with E-state index in [0.29, 0.717) is 11.6 Å². The molecule has 0 aliphatic rings. The van der Waals surface area contributed by atoms with E-state index in [1.54, 1.807) is 13.2 Å². The van der Waals surface area contributed by atoms with Gasteiger partial charge in [-0.15, -0.1) is 0 Å². The Labute approximate surface area is 130 Å². The normalized spacial score (nSPS) is 12.0. The molecular weight excluding hydrogens is 286 g/mol. The predicted octanol–water partition coefficient (Wildman–Crippen LogP) is 4.34. The van der Waals surface area contributed by atoms with Gasteiger partial charge in [-0.3, -0.25) is 0 Å². The maximum atomic E-state index is 6.00. The summed E-state index contributed by atoms with van der Waals surface area (Å²) in [4.78, 5) is 0. The lowest BCUT2D eigenvalue weighted by Crippen LogP contribution is -2.08. The highest BCUT2D eigenvalue weighted by Crippen LogP contribution is 2.25. The van der Waals surface area contributed by atoms with Gasteiger partial charge in [-0.05, 0) is 42.3 Å². The Morgan fingerprint density at radius 2 is 1.86 bits per heavy atom. The van der Waals surface area contributed by atoms with E-state index in [9.17, 15) is 0 Å². The topological polar surface area (TPSA) is 44.5 Å². The Hall–Kier alpha value is -1.71. The number of hydrogen-bond donors (Lipinski definition) is 1. The van der Waals surface area contributed by atoms with Crippen LogP contribution in [-0.4, -0.2) is 7.11 Å². The van der Waals surface area contributed by atoms with Gasteiger partial charge in [-0.1, -0.05) is 30.7 Å². The van der Waals surface area contributed by atoms with E-state index in [2.05, 4.69) is 6.92 Å². The van der Waals surface area contributed by atoms with Crippen molar-refractivity contribution in [2.45, 2.75) is 26.0 Å². The highest BCUT2D eigenvalue weighted by Gasteiger charge is 2.06. The second-order valence-electron chi connectivity index (χ2n) is 4.83. The Morgan fingerprint density at radius 1 is 1.14 bits per heavy atom. The van der Waals surface area contributed by atoms with Crippen molar-refractivity contribution in [3.8, 4) is 11.5 Å². The summed E-state index contributed by atoms with van der Waals surface area (Å²) in [5.41, 5.74) is 8.02. The third-order valence-electron chi connectivity index (χ3n) is 3.38. The van der Waals surface area contributed by atoms with Crippen LogP contribution in [0.4, 0.5) is 0 Å². The number of hydrogen-bond acceptors (Lipinski definition) is 3.